The second-order valence-corrected chi connectivity index (χ2v) is 11.2. The molecule has 1 aromatic carbocycles. The number of fused-ring (bicyclic) bond motifs is 1. The standard InChI is InChI=1S/C30H42N2O6/c1-6-12-20(4)31(17-7-2)27(35)25-30-16-15-29(5,38-30)24(28(36)37-8-3)23(30)26(34)32(25)22(19-33)18-21-13-10-9-11-14-21/h7,9-11,13-14,20,22-25,33H,2,6,8,12,15-19H2,1,3-5H3/t20?,22-,23+,24-,25?,29+,30?/m1/s1. The van der Waals surface area contributed by atoms with E-state index < -0.39 is 41.1 Å². The Labute approximate surface area is 226 Å². The molecule has 1 aromatic rings. The lowest BCUT2D eigenvalue weighted by molar-refractivity contribution is -0.162. The lowest BCUT2D eigenvalue weighted by Crippen LogP contribution is -2.60. The molecule has 7 atom stereocenters. The van der Waals surface area contributed by atoms with Crippen molar-refractivity contribution >= 4 is 17.8 Å². The molecule has 3 unspecified atom stereocenters. The summed E-state index contributed by atoms with van der Waals surface area (Å²) in [5.74, 6) is -2.65. The van der Waals surface area contributed by atoms with Gasteiger partial charge in [-0.05, 0) is 52.0 Å². The summed E-state index contributed by atoms with van der Waals surface area (Å²) in [7, 11) is 0. The van der Waals surface area contributed by atoms with Gasteiger partial charge in [-0.25, -0.2) is 0 Å². The van der Waals surface area contributed by atoms with Gasteiger partial charge in [0, 0.05) is 12.6 Å². The molecule has 0 aromatic heterocycles. The van der Waals surface area contributed by atoms with Crippen molar-refractivity contribution in [1.29, 1.82) is 0 Å². The molecule has 3 aliphatic heterocycles. The first-order valence-corrected chi connectivity index (χ1v) is 13.9. The number of hydrogen-bond donors (Lipinski definition) is 1. The van der Waals surface area contributed by atoms with E-state index in [4.69, 9.17) is 9.47 Å². The number of benzene rings is 1. The average Bonchev–Trinajstić information content (AvgIpc) is 3.47. The first kappa shape index (κ1) is 28.3. The molecule has 3 aliphatic rings. The molecule has 38 heavy (non-hydrogen) atoms. The van der Waals surface area contributed by atoms with Crippen LogP contribution in [0.15, 0.2) is 43.0 Å². The Hall–Kier alpha value is -2.71. The van der Waals surface area contributed by atoms with Crippen LogP contribution in [0.1, 0.15) is 58.9 Å². The zero-order chi connectivity index (χ0) is 27.7. The molecule has 208 valence electrons. The fraction of sp³-hybridized carbons (Fsp3) is 0.633. The van der Waals surface area contributed by atoms with Crippen LogP contribution in [0.25, 0.3) is 0 Å². The maximum Gasteiger partial charge on any atom is 0.312 e. The van der Waals surface area contributed by atoms with Gasteiger partial charge in [0.2, 0.25) is 11.8 Å². The van der Waals surface area contributed by atoms with Crippen molar-refractivity contribution < 1.29 is 29.0 Å². The quantitative estimate of drug-likeness (QED) is 0.332. The topological polar surface area (TPSA) is 96.4 Å². The second kappa shape index (κ2) is 11.2. The van der Waals surface area contributed by atoms with E-state index >= 15 is 0 Å². The third-order valence-corrected chi connectivity index (χ3v) is 8.75. The normalized spacial score (nSPS) is 31.1. The molecule has 4 rings (SSSR count). The summed E-state index contributed by atoms with van der Waals surface area (Å²) in [6, 6.07) is 7.93. The number of aliphatic hydroxyl groups is 1. The summed E-state index contributed by atoms with van der Waals surface area (Å²) >= 11 is 0. The Balaban J connectivity index is 1.82. The Morgan fingerprint density at radius 1 is 1.29 bits per heavy atom. The highest BCUT2D eigenvalue weighted by molar-refractivity contribution is 5.98. The van der Waals surface area contributed by atoms with E-state index in [-0.39, 0.29) is 31.1 Å². The Kier molecular flexibility index (Phi) is 8.33. The maximum atomic E-state index is 14.5. The highest BCUT2D eigenvalue weighted by atomic mass is 16.6. The smallest absolute Gasteiger partial charge is 0.312 e. The molecule has 1 N–H and O–H groups in total. The third kappa shape index (κ3) is 4.56. The highest BCUT2D eigenvalue weighted by Crippen LogP contribution is 2.63. The molecule has 8 heteroatoms. The number of rotatable bonds is 12. The molecule has 3 fully saturated rings. The van der Waals surface area contributed by atoms with Gasteiger partial charge in [-0.2, -0.15) is 0 Å². The monoisotopic (exact) mass is 526 g/mol. The van der Waals surface area contributed by atoms with Gasteiger partial charge >= 0.3 is 5.97 Å². The summed E-state index contributed by atoms with van der Waals surface area (Å²) in [6.45, 7) is 11.7. The first-order valence-electron chi connectivity index (χ1n) is 13.9. The van der Waals surface area contributed by atoms with Crippen LogP contribution in [0.4, 0.5) is 0 Å². The molecular formula is C30H42N2O6. The minimum atomic E-state index is -1.16. The van der Waals surface area contributed by atoms with E-state index in [1.165, 1.54) is 0 Å². The summed E-state index contributed by atoms with van der Waals surface area (Å²) in [4.78, 5) is 45.4. The minimum Gasteiger partial charge on any atom is -0.466 e. The average molecular weight is 527 g/mol. The highest BCUT2D eigenvalue weighted by Gasteiger charge is 2.79. The van der Waals surface area contributed by atoms with Gasteiger partial charge in [-0.1, -0.05) is 49.8 Å². The Morgan fingerprint density at radius 3 is 2.61 bits per heavy atom. The van der Waals surface area contributed by atoms with Gasteiger partial charge < -0.3 is 24.4 Å². The largest absolute Gasteiger partial charge is 0.466 e. The third-order valence-electron chi connectivity index (χ3n) is 8.75. The van der Waals surface area contributed by atoms with Crippen LogP contribution in [0.5, 0.6) is 0 Å². The maximum absolute atomic E-state index is 14.5. The lowest BCUT2D eigenvalue weighted by Gasteiger charge is -2.41. The van der Waals surface area contributed by atoms with E-state index in [0.717, 1.165) is 18.4 Å². The van der Waals surface area contributed by atoms with E-state index in [2.05, 4.69) is 13.5 Å². The molecular weight excluding hydrogens is 484 g/mol. The molecule has 1 spiro atoms. The van der Waals surface area contributed by atoms with E-state index in [0.29, 0.717) is 25.8 Å². The number of aliphatic hydroxyl groups excluding tert-OH is 1. The van der Waals surface area contributed by atoms with Crippen molar-refractivity contribution in [3.8, 4) is 0 Å². The zero-order valence-corrected chi connectivity index (χ0v) is 23.1. The second-order valence-electron chi connectivity index (χ2n) is 11.2. The van der Waals surface area contributed by atoms with Crippen LogP contribution >= 0.6 is 0 Å². The van der Waals surface area contributed by atoms with Crippen molar-refractivity contribution in [2.75, 3.05) is 19.8 Å². The van der Waals surface area contributed by atoms with Crippen LogP contribution in [0, 0.1) is 11.8 Å². The van der Waals surface area contributed by atoms with Crippen LogP contribution in [-0.4, -0.2) is 81.8 Å². The Morgan fingerprint density at radius 2 is 2.00 bits per heavy atom. The van der Waals surface area contributed by atoms with Crippen molar-refractivity contribution in [2.45, 2.75) is 89.1 Å². The number of esters is 1. The number of nitrogens with zero attached hydrogens (tertiary/aromatic N) is 2. The molecule has 0 saturated carbocycles. The number of amides is 2. The molecule has 2 bridgehead atoms. The van der Waals surface area contributed by atoms with Crippen LogP contribution in [0.2, 0.25) is 0 Å². The van der Waals surface area contributed by atoms with Crippen LogP contribution < -0.4 is 0 Å². The SMILES string of the molecule is C=CCN(C(=O)C1N([C@@H](CO)Cc2ccccc2)C(=O)[C@@H]2[C@H](C(=O)OCC)[C@]3(C)CCC12O3)C(C)CCC. The molecule has 3 saturated heterocycles. The van der Waals surface area contributed by atoms with Crippen molar-refractivity contribution in [2.24, 2.45) is 11.8 Å². The van der Waals surface area contributed by atoms with Crippen molar-refractivity contribution in [3.05, 3.63) is 48.6 Å². The van der Waals surface area contributed by atoms with Gasteiger partial charge in [-0.15, -0.1) is 6.58 Å². The van der Waals surface area contributed by atoms with Gasteiger partial charge in [0.25, 0.3) is 0 Å². The molecule has 0 aliphatic carbocycles. The van der Waals surface area contributed by atoms with E-state index in [9.17, 15) is 19.5 Å². The fourth-order valence-corrected chi connectivity index (χ4v) is 7.12. The summed E-state index contributed by atoms with van der Waals surface area (Å²) < 4.78 is 12.1. The summed E-state index contributed by atoms with van der Waals surface area (Å²) in [6.07, 6.45) is 4.80. The lowest BCUT2D eigenvalue weighted by atomic mass is 9.66. The van der Waals surface area contributed by atoms with Gasteiger partial charge in [0.1, 0.15) is 17.6 Å². The minimum absolute atomic E-state index is 0.0744. The van der Waals surface area contributed by atoms with Gasteiger partial charge in [0.05, 0.1) is 30.8 Å². The molecule has 3 heterocycles. The predicted octanol–water partition coefficient (Wildman–Crippen LogP) is 3.12. The molecule has 8 nitrogen and oxygen atoms in total. The van der Waals surface area contributed by atoms with E-state index in [1.807, 2.05) is 44.2 Å². The number of likely N-dealkylation sites (tertiary alicyclic amines) is 1. The van der Waals surface area contributed by atoms with E-state index in [1.54, 1.807) is 22.8 Å². The predicted molar refractivity (Wildman–Crippen MR) is 143 cm³/mol. The van der Waals surface area contributed by atoms with Crippen molar-refractivity contribution in [1.82, 2.24) is 9.80 Å². The molecule has 2 amide bonds. The number of ether oxygens (including phenoxy) is 2. The zero-order valence-electron chi connectivity index (χ0n) is 23.1. The first-order chi connectivity index (χ1) is 18.2. The molecule has 0 radical (unpaired) electrons. The Bertz CT molecular complexity index is 1050. The number of carbonyl (C=O) groups excluding carboxylic acids is 3. The number of carbonyl (C=O) groups is 3. The van der Waals surface area contributed by atoms with Crippen molar-refractivity contribution in [3.63, 3.8) is 0 Å². The van der Waals surface area contributed by atoms with Gasteiger partial charge in [0.15, 0.2) is 0 Å². The number of hydrogen-bond acceptors (Lipinski definition) is 6. The van der Waals surface area contributed by atoms with Crippen LogP contribution in [0.3, 0.4) is 0 Å². The summed E-state index contributed by atoms with van der Waals surface area (Å²) in [5.41, 5.74) is -1.10. The fourth-order valence-electron chi connectivity index (χ4n) is 7.12. The summed E-state index contributed by atoms with van der Waals surface area (Å²) in [5, 5.41) is 10.6. The van der Waals surface area contributed by atoms with Gasteiger partial charge in [-0.3, -0.25) is 14.4 Å². The van der Waals surface area contributed by atoms with Crippen LogP contribution in [-0.2, 0) is 30.3 Å².